The summed E-state index contributed by atoms with van der Waals surface area (Å²) in [5.74, 6) is 0.672. The molecular weight excluding hydrogens is 346 g/mol. The molecule has 5 nitrogen and oxygen atoms in total. The van der Waals surface area contributed by atoms with Crippen molar-refractivity contribution in [2.75, 3.05) is 10.6 Å². The summed E-state index contributed by atoms with van der Waals surface area (Å²) in [6.45, 7) is 1.48. The minimum atomic E-state index is -0.0929. The van der Waals surface area contributed by atoms with E-state index in [1.807, 2.05) is 29.6 Å². The molecule has 1 fully saturated rings. The van der Waals surface area contributed by atoms with E-state index in [0.29, 0.717) is 17.5 Å². The third-order valence-corrected chi connectivity index (χ3v) is 5.51. The molecule has 0 bridgehead atoms. The van der Waals surface area contributed by atoms with Crippen molar-refractivity contribution in [1.29, 1.82) is 0 Å². The van der Waals surface area contributed by atoms with E-state index in [2.05, 4.69) is 15.6 Å². The van der Waals surface area contributed by atoms with Crippen molar-refractivity contribution in [3.63, 3.8) is 0 Å². The first-order valence-corrected chi connectivity index (χ1v) is 10.1. The van der Waals surface area contributed by atoms with Crippen LogP contribution in [0.3, 0.4) is 0 Å². The summed E-state index contributed by atoms with van der Waals surface area (Å²) in [4.78, 5) is 27.7. The lowest BCUT2D eigenvalue weighted by Gasteiger charge is -2.20. The van der Waals surface area contributed by atoms with E-state index >= 15 is 0 Å². The molecule has 0 saturated heterocycles. The topological polar surface area (TPSA) is 71.1 Å². The van der Waals surface area contributed by atoms with Gasteiger partial charge in [-0.25, -0.2) is 4.98 Å². The molecule has 1 saturated carbocycles. The Labute approximate surface area is 158 Å². The van der Waals surface area contributed by atoms with Gasteiger partial charge in [0, 0.05) is 30.0 Å². The van der Waals surface area contributed by atoms with Crippen LogP contribution in [0.25, 0.3) is 11.3 Å². The third-order valence-electron chi connectivity index (χ3n) is 4.76. The Morgan fingerprint density at radius 3 is 2.54 bits per heavy atom. The fourth-order valence-corrected chi connectivity index (χ4v) is 4.12. The quantitative estimate of drug-likeness (QED) is 0.745. The molecule has 0 aliphatic heterocycles. The molecule has 1 heterocycles. The summed E-state index contributed by atoms with van der Waals surface area (Å²) >= 11 is 1.44. The van der Waals surface area contributed by atoms with Gasteiger partial charge in [-0.2, -0.15) is 0 Å². The van der Waals surface area contributed by atoms with E-state index in [-0.39, 0.29) is 11.8 Å². The van der Waals surface area contributed by atoms with Crippen LogP contribution < -0.4 is 10.6 Å². The van der Waals surface area contributed by atoms with Gasteiger partial charge in [0.1, 0.15) is 0 Å². The number of rotatable bonds is 6. The molecule has 2 N–H and O–H groups in total. The lowest BCUT2D eigenvalue weighted by Crippen LogP contribution is -2.14. The number of carbonyl (C=O) groups is 2. The predicted octanol–water partition coefficient (Wildman–Crippen LogP) is 5.07. The average molecular weight is 372 g/mol. The first kappa shape index (κ1) is 18.6. The van der Waals surface area contributed by atoms with E-state index in [9.17, 15) is 9.59 Å². The minimum absolute atomic E-state index is 0.0532. The molecule has 1 aliphatic rings. The minimum Gasteiger partial charge on any atom is -0.326 e. The SMILES string of the molecule is CC(=O)Nc1ccc(-c2csc(NC(=O)CCC3CCCCC3)n2)cc1. The zero-order valence-corrected chi connectivity index (χ0v) is 15.9. The number of carbonyl (C=O) groups excluding carboxylic acids is 2. The molecule has 6 heteroatoms. The summed E-state index contributed by atoms with van der Waals surface area (Å²) < 4.78 is 0. The lowest BCUT2D eigenvalue weighted by atomic mass is 9.86. The van der Waals surface area contributed by atoms with Gasteiger partial charge in [0.25, 0.3) is 0 Å². The van der Waals surface area contributed by atoms with Crippen LogP contribution in [-0.4, -0.2) is 16.8 Å². The van der Waals surface area contributed by atoms with Crippen LogP contribution in [0.1, 0.15) is 51.9 Å². The van der Waals surface area contributed by atoms with Crippen molar-refractivity contribution in [3.05, 3.63) is 29.6 Å². The number of aromatic nitrogens is 1. The molecular formula is C20H25N3O2S. The third kappa shape index (κ3) is 5.39. The second-order valence-corrected chi connectivity index (χ2v) is 7.75. The average Bonchev–Trinajstić information content (AvgIpc) is 3.09. The fraction of sp³-hybridized carbons (Fsp3) is 0.450. The highest BCUT2D eigenvalue weighted by Crippen LogP contribution is 2.28. The maximum Gasteiger partial charge on any atom is 0.226 e. The molecule has 2 amide bonds. The summed E-state index contributed by atoms with van der Waals surface area (Å²) in [5, 5.41) is 8.24. The van der Waals surface area contributed by atoms with Gasteiger partial charge in [0.15, 0.2) is 5.13 Å². The van der Waals surface area contributed by atoms with E-state index in [1.165, 1.54) is 50.4 Å². The van der Waals surface area contributed by atoms with Crippen molar-refractivity contribution in [1.82, 2.24) is 4.98 Å². The molecule has 0 spiro atoms. The largest absolute Gasteiger partial charge is 0.326 e. The zero-order chi connectivity index (χ0) is 18.4. The maximum absolute atomic E-state index is 12.2. The van der Waals surface area contributed by atoms with Crippen LogP contribution in [0, 0.1) is 5.92 Å². The van der Waals surface area contributed by atoms with Crippen LogP contribution >= 0.6 is 11.3 Å². The molecule has 0 unspecified atom stereocenters. The normalized spacial score (nSPS) is 14.8. The highest BCUT2D eigenvalue weighted by molar-refractivity contribution is 7.14. The zero-order valence-electron chi connectivity index (χ0n) is 15.1. The Morgan fingerprint density at radius 2 is 1.85 bits per heavy atom. The van der Waals surface area contributed by atoms with Gasteiger partial charge in [-0.3, -0.25) is 9.59 Å². The van der Waals surface area contributed by atoms with Crippen molar-refractivity contribution in [2.24, 2.45) is 5.92 Å². The Hall–Kier alpha value is -2.21. The van der Waals surface area contributed by atoms with E-state index in [0.717, 1.165) is 23.4 Å². The molecule has 3 rings (SSSR count). The maximum atomic E-state index is 12.2. The lowest BCUT2D eigenvalue weighted by molar-refractivity contribution is -0.116. The Morgan fingerprint density at radius 1 is 1.12 bits per heavy atom. The van der Waals surface area contributed by atoms with Gasteiger partial charge in [-0.1, -0.05) is 44.2 Å². The van der Waals surface area contributed by atoms with Crippen molar-refractivity contribution < 1.29 is 9.59 Å². The monoisotopic (exact) mass is 371 g/mol. The highest BCUT2D eigenvalue weighted by atomic mass is 32.1. The Balaban J connectivity index is 1.52. The first-order valence-electron chi connectivity index (χ1n) is 9.23. The highest BCUT2D eigenvalue weighted by Gasteiger charge is 2.15. The molecule has 2 aromatic rings. The van der Waals surface area contributed by atoms with Crippen LogP contribution in [0.2, 0.25) is 0 Å². The molecule has 1 aromatic heterocycles. The second kappa shape index (κ2) is 8.94. The molecule has 138 valence electrons. The van der Waals surface area contributed by atoms with Crippen LogP contribution in [0.15, 0.2) is 29.6 Å². The summed E-state index contributed by atoms with van der Waals surface area (Å²) in [6, 6.07) is 7.51. The van der Waals surface area contributed by atoms with Crippen molar-refractivity contribution in [2.45, 2.75) is 51.9 Å². The van der Waals surface area contributed by atoms with Gasteiger partial charge in [-0.15, -0.1) is 11.3 Å². The molecule has 26 heavy (non-hydrogen) atoms. The number of nitrogens with one attached hydrogen (secondary N) is 2. The number of benzene rings is 1. The fourth-order valence-electron chi connectivity index (χ4n) is 3.38. The molecule has 0 atom stereocenters. The Bertz CT molecular complexity index is 749. The van der Waals surface area contributed by atoms with Crippen molar-refractivity contribution in [3.8, 4) is 11.3 Å². The van der Waals surface area contributed by atoms with Gasteiger partial charge in [-0.05, 0) is 24.5 Å². The number of amides is 2. The summed E-state index contributed by atoms with van der Waals surface area (Å²) in [7, 11) is 0. The summed E-state index contributed by atoms with van der Waals surface area (Å²) in [5.41, 5.74) is 2.54. The molecule has 0 radical (unpaired) electrons. The number of hydrogen-bond acceptors (Lipinski definition) is 4. The number of anilines is 2. The predicted molar refractivity (Wildman–Crippen MR) is 106 cm³/mol. The van der Waals surface area contributed by atoms with Gasteiger partial charge >= 0.3 is 0 Å². The van der Waals surface area contributed by atoms with Crippen molar-refractivity contribution >= 4 is 34.0 Å². The number of nitrogens with zero attached hydrogens (tertiary/aromatic N) is 1. The second-order valence-electron chi connectivity index (χ2n) is 6.89. The number of thiazole rings is 1. The smallest absolute Gasteiger partial charge is 0.226 e. The molecule has 1 aromatic carbocycles. The van der Waals surface area contributed by atoms with Crippen LogP contribution in [-0.2, 0) is 9.59 Å². The first-order chi connectivity index (χ1) is 12.6. The molecule has 1 aliphatic carbocycles. The van der Waals surface area contributed by atoms with E-state index in [1.54, 1.807) is 0 Å². The summed E-state index contributed by atoms with van der Waals surface area (Å²) in [6.07, 6.45) is 8.05. The van der Waals surface area contributed by atoms with E-state index in [4.69, 9.17) is 0 Å². The van der Waals surface area contributed by atoms with E-state index < -0.39 is 0 Å². The number of hydrogen-bond donors (Lipinski definition) is 2. The van der Waals surface area contributed by atoms with Crippen LogP contribution in [0.5, 0.6) is 0 Å². The van der Waals surface area contributed by atoms with Gasteiger partial charge < -0.3 is 10.6 Å². The van der Waals surface area contributed by atoms with Gasteiger partial charge in [0.05, 0.1) is 5.69 Å². The van der Waals surface area contributed by atoms with Crippen LogP contribution in [0.4, 0.5) is 10.8 Å². The van der Waals surface area contributed by atoms with Gasteiger partial charge in [0.2, 0.25) is 11.8 Å². The Kier molecular flexibility index (Phi) is 6.39. The standard InChI is InChI=1S/C20H25N3O2S/c1-14(24)21-17-10-8-16(9-11-17)18-13-26-20(22-18)23-19(25)12-7-15-5-3-2-4-6-15/h8-11,13,15H,2-7,12H2,1H3,(H,21,24)(H,22,23,25).